The molecule has 3 aromatic carbocycles. The van der Waals surface area contributed by atoms with E-state index in [2.05, 4.69) is 10.5 Å². The minimum absolute atomic E-state index is 0.286. The van der Waals surface area contributed by atoms with Crippen LogP contribution in [0, 0.1) is 6.92 Å². The Hall–Kier alpha value is -2.99. The van der Waals surface area contributed by atoms with Crippen LogP contribution in [0.1, 0.15) is 22.3 Å². The summed E-state index contributed by atoms with van der Waals surface area (Å²) in [7, 11) is 0. The van der Waals surface area contributed by atoms with Gasteiger partial charge in [0.15, 0.2) is 0 Å². The number of oxime groups is 1. The highest BCUT2D eigenvalue weighted by Gasteiger charge is 2.30. The van der Waals surface area contributed by atoms with Gasteiger partial charge in [0.2, 0.25) is 0 Å². The summed E-state index contributed by atoms with van der Waals surface area (Å²) in [5.41, 5.74) is 2.52. The molecule has 0 spiro atoms. The van der Waals surface area contributed by atoms with Gasteiger partial charge in [0.05, 0.1) is 10.6 Å². The van der Waals surface area contributed by atoms with Crippen LogP contribution in [-0.4, -0.2) is 10.9 Å². The molecular weight excluding hydrogens is 389 g/mol. The van der Waals surface area contributed by atoms with Crippen LogP contribution >= 0.6 is 11.6 Å². The number of rotatable bonds is 4. The molecule has 0 unspecified atom stereocenters. The lowest BCUT2D eigenvalue weighted by atomic mass is 9.98. The van der Waals surface area contributed by atoms with Crippen molar-refractivity contribution in [1.82, 2.24) is 0 Å². The smallest absolute Gasteiger partial charge is 0.410 e. The van der Waals surface area contributed by atoms with Crippen LogP contribution in [0.25, 0.3) is 0 Å². The molecule has 2 N–H and O–H groups in total. The molecule has 0 bridgehead atoms. The molecule has 0 saturated carbocycles. The van der Waals surface area contributed by atoms with E-state index in [0.29, 0.717) is 22.0 Å². The number of nitrogens with zero attached hydrogens (tertiary/aromatic N) is 1. The summed E-state index contributed by atoms with van der Waals surface area (Å²) in [6, 6.07) is 17.2. The molecule has 3 aromatic rings. The molecule has 0 amide bonds. The standard InChI is InChI=1S/C21H16ClF3N2O/c1-13-5-2-3-8-17(13)20(27-28)18-10-9-16(12-19(18)22)26-15-7-4-6-14(11-15)21(23,24)25/h2-12,26,28H,1H3/b27-20-. The lowest BCUT2D eigenvalue weighted by Crippen LogP contribution is -2.07. The van der Waals surface area contributed by atoms with Crippen LogP contribution in [0.15, 0.2) is 71.9 Å². The van der Waals surface area contributed by atoms with Crippen LogP contribution in [0.2, 0.25) is 5.02 Å². The van der Waals surface area contributed by atoms with Gasteiger partial charge in [-0.25, -0.2) is 0 Å². The number of benzene rings is 3. The largest absolute Gasteiger partial charge is 0.416 e. The van der Waals surface area contributed by atoms with Crippen molar-refractivity contribution < 1.29 is 18.4 Å². The first kappa shape index (κ1) is 19.8. The van der Waals surface area contributed by atoms with Gasteiger partial charge >= 0.3 is 6.18 Å². The molecule has 0 aromatic heterocycles. The highest BCUT2D eigenvalue weighted by molar-refractivity contribution is 6.35. The van der Waals surface area contributed by atoms with E-state index in [1.165, 1.54) is 12.1 Å². The summed E-state index contributed by atoms with van der Waals surface area (Å²) >= 11 is 6.36. The minimum atomic E-state index is -4.42. The van der Waals surface area contributed by atoms with Gasteiger partial charge in [0.25, 0.3) is 0 Å². The zero-order valence-corrected chi connectivity index (χ0v) is 15.5. The SMILES string of the molecule is Cc1ccccc1/C(=N/O)c1ccc(Nc2cccc(C(F)(F)F)c2)cc1Cl. The Morgan fingerprint density at radius 1 is 0.929 bits per heavy atom. The predicted molar refractivity (Wildman–Crippen MR) is 105 cm³/mol. The number of nitrogens with one attached hydrogen (secondary N) is 1. The molecule has 0 aliphatic heterocycles. The number of aryl methyl sites for hydroxylation is 1. The fourth-order valence-corrected chi connectivity index (χ4v) is 3.09. The third kappa shape index (κ3) is 4.28. The molecule has 3 nitrogen and oxygen atoms in total. The lowest BCUT2D eigenvalue weighted by Gasteiger charge is -2.13. The first-order chi connectivity index (χ1) is 13.3. The van der Waals surface area contributed by atoms with E-state index >= 15 is 0 Å². The normalized spacial score (nSPS) is 12.1. The van der Waals surface area contributed by atoms with E-state index in [1.807, 2.05) is 31.2 Å². The monoisotopic (exact) mass is 404 g/mol. The second-order valence-corrected chi connectivity index (χ2v) is 6.57. The van der Waals surface area contributed by atoms with E-state index in [0.717, 1.165) is 23.3 Å². The fourth-order valence-electron chi connectivity index (χ4n) is 2.82. The highest BCUT2D eigenvalue weighted by atomic mass is 35.5. The van der Waals surface area contributed by atoms with Crippen molar-refractivity contribution in [2.75, 3.05) is 5.32 Å². The summed E-state index contributed by atoms with van der Waals surface area (Å²) in [4.78, 5) is 0. The molecule has 0 aliphatic rings. The van der Waals surface area contributed by atoms with Gasteiger partial charge in [-0.3, -0.25) is 0 Å². The number of anilines is 2. The van der Waals surface area contributed by atoms with E-state index < -0.39 is 11.7 Å². The topological polar surface area (TPSA) is 44.6 Å². The Labute approximate surface area is 165 Å². The Bertz CT molecular complexity index is 1030. The maximum atomic E-state index is 12.9. The van der Waals surface area contributed by atoms with E-state index in [-0.39, 0.29) is 5.69 Å². The van der Waals surface area contributed by atoms with Crippen molar-refractivity contribution in [3.05, 3.63) is 94.0 Å². The maximum absolute atomic E-state index is 12.9. The van der Waals surface area contributed by atoms with Gasteiger partial charge in [-0.15, -0.1) is 0 Å². The third-order valence-corrected chi connectivity index (χ3v) is 4.52. The summed E-state index contributed by atoms with van der Waals surface area (Å²) in [5, 5.41) is 16.1. The predicted octanol–water partition coefficient (Wildman–Crippen LogP) is 6.64. The van der Waals surface area contributed by atoms with Crippen molar-refractivity contribution >= 4 is 28.7 Å². The van der Waals surface area contributed by atoms with Crippen LogP contribution in [0.3, 0.4) is 0 Å². The second-order valence-electron chi connectivity index (χ2n) is 6.16. The van der Waals surface area contributed by atoms with E-state index in [9.17, 15) is 18.4 Å². The molecule has 28 heavy (non-hydrogen) atoms. The lowest BCUT2D eigenvalue weighted by molar-refractivity contribution is -0.137. The second kappa shape index (κ2) is 7.94. The van der Waals surface area contributed by atoms with E-state index in [4.69, 9.17) is 11.6 Å². The van der Waals surface area contributed by atoms with Gasteiger partial charge in [-0.1, -0.05) is 47.1 Å². The van der Waals surface area contributed by atoms with Crippen LogP contribution in [-0.2, 0) is 6.18 Å². The van der Waals surface area contributed by atoms with Crippen molar-refractivity contribution in [2.24, 2.45) is 5.16 Å². The molecule has 0 radical (unpaired) electrons. The van der Waals surface area contributed by atoms with Crippen molar-refractivity contribution in [1.29, 1.82) is 0 Å². The summed E-state index contributed by atoms with van der Waals surface area (Å²) in [5.74, 6) is 0. The maximum Gasteiger partial charge on any atom is 0.416 e. The average molecular weight is 405 g/mol. The number of hydrogen-bond donors (Lipinski definition) is 2. The van der Waals surface area contributed by atoms with Gasteiger partial charge in [0, 0.05) is 22.5 Å². The van der Waals surface area contributed by atoms with Crippen LogP contribution in [0.4, 0.5) is 24.5 Å². The Morgan fingerprint density at radius 3 is 2.29 bits per heavy atom. The molecule has 0 atom stereocenters. The number of hydrogen-bond acceptors (Lipinski definition) is 3. The molecule has 3 rings (SSSR count). The summed E-state index contributed by atoms with van der Waals surface area (Å²) in [6.07, 6.45) is -4.42. The zero-order chi connectivity index (χ0) is 20.3. The van der Waals surface area contributed by atoms with Gasteiger partial charge in [-0.05, 0) is 48.9 Å². The summed E-state index contributed by atoms with van der Waals surface area (Å²) in [6.45, 7) is 1.89. The highest BCUT2D eigenvalue weighted by Crippen LogP contribution is 2.32. The Morgan fingerprint density at radius 2 is 1.64 bits per heavy atom. The first-order valence-corrected chi connectivity index (χ1v) is 8.69. The molecule has 0 fully saturated rings. The number of halogens is 4. The molecule has 0 aliphatic carbocycles. The van der Waals surface area contributed by atoms with Gasteiger partial charge in [-0.2, -0.15) is 13.2 Å². The quantitative estimate of drug-likeness (QED) is 0.291. The van der Waals surface area contributed by atoms with Gasteiger partial charge in [0.1, 0.15) is 5.71 Å². The molecule has 0 saturated heterocycles. The summed E-state index contributed by atoms with van der Waals surface area (Å²) < 4.78 is 38.6. The number of alkyl halides is 3. The van der Waals surface area contributed by atoms with Crippen molar-refractivity contribution in [3.63, 3.8) is 0 Å². The fraction of sp³-hybridized carbons (Fsp3) is 0.0952. The van der Waals surface area contributed by atoms with Crippen molar-refractivity contribution in [3.8, 4) is 0 Å². The third-order valence-electron chi connectivity index (χ3n) is 4.20. The first-order valence-electron chi connectivity index (χ1n) is 8.32. The van der Waals surface area contributed by atoms with Crippen LogP contribution in [0.5, 0.6) is 0 Å². The Balaban J connectivity index is 1.90. The van der Waals surface area contributed by atoms with Crippen molar-refractivity contribution in [2.45, 2.75) is 13.1 Å². The minimum Gasteiger partial charge on any atom is -0.410 e. The average Bonchev–Trinajstić information content (AvgIpc) is 2.65. The molecular formula is C21H16ClF3N2O. The van der Waals surface area contributed by atoms with Crippen LogP contribution < -0.4 is 5.32 Å². The molecule has 0 heterocycles. The van der Waals surface area contributed by atoms with Gasteiger partial charge < -0.3 is 10.5 Å². The zero-order valence-electron chi connectivity index (χ0n) is 14.8. The molecule has 144 valence electrons. The molecule has 7 heteroatoms. The van der Waals surface area contributed by atoms with E-state index in [1.54, 1.807) is 18.2 Å². The Kier molecular flexibility index (Phi) is 5.61.